The maximum Gasteiger partial charge on any atom is 0.331 e. The van der Waals surface area contributed by atoms with Gasteiger partial charge in [0, 0.05) is 30.3 Å². The van der Waals surface area contributed by atoms with E-state index in [-0.39, 0.29) is 23.1 Å². The van der Waals surface area contributed by atoms with Crippen LogP contribution in [-0.2, 0) is 19.6 Å². The topological polar surface area (TPSA) is 104 Å². The molecule has 0 aliphatic carbocycles. The molecule has 7 nitrogen and oxygen atoms in total. The van der Waals surface area contributed by atoms with Gasteiger partial charge in [0.05, 0.1) is 6.26 Å². The number of sulfonamides is 1. The summed E-state index contributed by atoms with van der Waals surface area (Å²) in [7, 11) is -3.24. The average Bonchev–Trinajstić information content (AvgIpc) is 2.35. The van der Waals surface area contributed by atoms with E-state index in [0.717, 1.165) is 6.26 Å². The van der Waals surface area contributed by atoms with E-state index < -0.39 is 16.0 Å². The summed E-state index contributed by atoms with van der Waals surface area (Å²) >= 11 is 0. The molecule has 0 spiro atoms. The largest absolute Gasteiger partial charge is 0.478 e. The van der Waals surface area contributed by atoms with Crippen molar-refractivity contribution in [3.8, 4) is 0 Å². The SMILES string of the molecule is CC(C(=O)O)=C(C)C(=O)N1CCC(NS(C)(=O)=O)CC1. The number of hydrogen-bond donors (Lipinski definition) is 2. The van der Waals surface area contributed by atoms with Crippen molar-refractivity contribution in [3.63, 3.8) is 0 Å². The first-order valence-corrected chi connectivity index (χ1v) is 8.18. The summed E-state index contributed by atoms with van der Waals surface area (Å²) < 4.78 is 24.8. The zero-order valence-corrected chi connectivity index (χ0v) is 12.7. The Balaban J connectivity index is 2.64. The summed E-state index contributed by atoms with van der Waals surface area (Å²) in [6, 6.07) is -0.168. The first-order chi connectivity index (χ1) is 9.11. The molecule has 0 aromatic rings. The molecule has 1 rings (SSSR count). The minimum absolute atomic E-state index is 0.0337. The van der Waals surface area contributed by atoms with Crippen LogP contribution in [0.4, 0.5) is 0 Å². The van der Waals surface area contributed by atoms with Crippen LogP contribution in [0.15, 0.2) is 11.1 Å². The molecule has 0 atom stereocenters. The number of rotatable bonds is 4. The van der Waals surface area contributed by atoms with Gasteiger partial charge in [-0.25, -0.2) is 17.9 Å². The fraction of sp³-hybridized carbons (Fsp3) is 0.667. The van der Waals surface area contributed by atoms with Crippen molar-refractivity contribution >= 4 is 21.9 Å². The lowest BCUT2D eigenvalue weighted by molar-refractivity contribution is -0.134. The quantitative estimate of drug-likeness (QED) is 0.709. The van der Waals surface area contributed by atoms with Gasteiger partial charge in [0.1, 0.15) is 0 Å². The van der Waals surface area contributed by atoms with E-state index in [1.807, 2.05) is 0 Å². The third-order valence-electron chi connectivity index (χ3n) is 3.37. The Kier molecular flexibility index (Phi) is 5.29. The second kappa shape index (κ2) is 6.36. The Morgan fingerprint density at radius 3 is 2.05 bits per heavy atom. The first-order valence-electron chi connectivity index (χ1n) is 6.29. The van der Waals surface area contributed by atoms with Crippen LogP contribution >= 0.6 is 0 Å². The van der Waals surface area contributed by atoms with Crippen molar-refractivity contribution in [2.75, 3.05) is 19.3 Å². The number of nitrogens with zero attached hydrogens (tertiary/aromatic N) is 1. The molecule has 0 saturated carbocycles. The van der Waals surface area contributed by atoms with Gasteiger partial charge < -0.3 is 10.0 Å². The van der Waals surface area contributed by atoms with E-state index in [1.165, 1.54) is 13.8 Å². The lowest BCUT2D eigenvalue weighted by atomic mass is 10.0. The highest BCUT2D eigenvalue weighted by atomic mass is 32.2. The van der Waals surface area contributed by atoms with E-state index in [2.05, 4.69) is 4.72 Å². The van der Waals surface area contributed by atoms with Crippen molar-refractivity contribution in [2.45, 2.75) is 32.7 Å². The molecular formula is C12H20N2O5S. The third kappa shape index (κ3) is 4.61. The summed E-state index contributed by atoms with van der Waals surface area (Å²) in [6.07, 6.45) is 2.16. The standard InChI is InChI=1S/C12H20N2O5S/c1-8(9(2)12(16)17)11(15)14-6-4-10(5-7-14)13-20(3,18)19/h10,13H,4-7H2,1-3H3,(H,16,17). The lowest BCUT2D eigenvalue weighted by Gasteiger charge is -2.32. The molecule has 1 amide bonds. The van der Waals surface area contributed by atoms with Crippen molar-refractivity contribution in [3.05, 3.63) is 11.1 Å². The number of carbonyl (C=O) groups is 2. The van der Waals surface area contributed by atoms with Crippen LogP contribution in [0, 0.1) is 0 Å². The average molecular weight is 304 g/mol. The van der Waals surface area contributed by atoms with Crippen LogP contribution in [-0.4, -0.2) is 55.7 Å². The van der Waals surface area contributed by atoms with Crippen molar-refractivity contribution in [2.24, 2.45) is 0 Å². The van der Waals surface area contributed by atoms with Crippen LogP contribution in [0.5, 0.6) is 0 Å². The number of amides is 1. The molecule has 8 heteroatoms. The zero-order chi connectivity index (χ0) is 15.5. The molecule has 1 heterocycles. The normalized spacial score (nSPS) is 18.6. The van der Waals surface area contributed by atoms with E-state index in [0.29, 0.717) is 25.9 Å². The molecule has 1 saturated heterocycles. The van der Waals surface area contributed by atoms with Crippen LogP contribution in [0.1, 0.15) is 26.7 Å². The summed E-state index contributed by atoms with van der Waals surface area (Å²) in [5, 5.41) is 8.86. The van der Waals surface area contributed by atoms with Gasteiger partial charge in [-0.1, -0.05) is 0 Å². The van der Waals surface area contributed by atoms with Crippen LogP contribution in [0.25, 0.3) is 0 Å². The molecule has 0 aromatic carbocycles. The summed E-state index contributed by atoms with van der Waals surface area (Å²) in [4.78, 5) is 24.5. The maximum absolute atomic E-state index is 12.1. The van der Waals surface area contributed by atoms with Crippen LogP contribution < -0.4 is 4.72 Å². The number of carbonyl (C=O) groups excluding carboxylic acids is 1. The lowest BCUT2D eigenvalue weighted by Crippen LogP contribution is -2.46. The second-order valence-corrected chi connectivity index (χ2v) is 6.79. The molecule has 2 N–H and O–H groups in total. The van der Waals surface area contributed by atoms with Gasteiger partial charge >= 0.3 is 5.97 Å². The van der Waals surface area contributed by atoms with E-state index in [9.17, 15) is 18.0 Å². The Morgan fingerprint density at radius 2 is 1.65 bits per heavy atom. The first kappa shape index (κ1) is 16.6. The number of carboxylic acids is 1. The van der Waals surface area contributed by atoms with Gasteiger partial charge in [0.15, 0.2) is 0 Å². The minimum Gasteiger partial charge on any atom is -0.478 e. The predicted molar refractivity (Wildman–Crippen MR) is 73.6 cm³/mol. The fourth-order valence-corrected chi connectivity index (χ4v) is 2.90. The highest BCUT2D eigenvalue weighted by molar-refractivity contribution is 7.88. The number of carboxylic acid groups (broad SMARTS) is 1. The van der Waals surface area contributed by atoms with Crippen LogP contribution in [0.3, 0.4) is 0 Å². The number of hydrogen-bond acceptors (Lipinski definition) is 4. The van der Waals surface area contributed by atoms with E-state index >= 15 is 0 Å². The Labute approximate surface area is 118 Å². The van der Waals surface area contributed by atoms with Crippen molar-refractivity contribution in [1.29, 1.82) is 0 Å². The number of nitrogens with one attached hydrogen (secondary N) is 1. The molecule has 1 aliphatic rings. The number of aliphatic carboxylic acids is 1. The maximum atomic E-state index is 12.1. The molecule has 0 radical (unpaired) electrons. The molecule has 114 valence electrons. The third-order valence-corrected chi connectivity index (χ3v) is 4.13. The molecule has 0 aromatic heterocycles. The van der Waals surface area contributed by atoms with Gasteiger partial charge in [0.25, 0.3) is 0 Å². The fourth-order valence-electron chi connectivity index (χ4n) is 2.06. The van der Waals surface area contributed by atoms with Gasteiger partial charge in [-0.2, -0.15) is 0 Å². The van der Waals surface area contributed by atoms with E-state index in [1.54, 1.807) is 4.90 Å². The molecule has 0 bridgehead atoms. The summed E-state index contributed by atoms with van der Waals surface area (Å²) in [5.41, 5.74) is 0.249. The van der Waals surface area contributed by atoms with Gasteiger partial charge in [0.2, 0.25) is 15.9 Å². The highest BCUT2D eigenvalue weighted by Crippen LogP contribution is 2.15. The number of piperidine rings is 1. The smallest absolute Gasteiger partial charge is 0.331 e. The second-order valence-electron chi connectivity index (χ2n) is 5.01. The van der Waals surface area contributed by atoms with Crippen molar-refractivity contribution < 1.29 is 23.1 Å². The Morgan fingerprint density at radius 1 is 1.15 bits per heavy atom. The molecule has 20 heavy (non-hydrogen) atoms. The van der Waals surface area contributed by atoms with Gasteiger partial charge in [-0.05, 0) is 26.7 Å². The zero-order valence-electron chi connectivity index (χ0n) is 11.8. The Bertz CT molecular complexity index is 530. The predicted octanol–water partition coefficient (Wildman–Crippen LogP) is -0.0524. The molecule has 0 unspecified atom stereocenters. The Hall–Kier alpha value is -1.41. The van der Waals surface area contributed by atoms with Crippen LogP contribution in [0.2, 0.25) is 0 Å². The monoisotopic (exact) mass is 304 g/mol. The molecule has 1 aliphatic heterocycles. The molecule has 1 fully saturated rings. The van der Waals surface area contributed by atoms with Crippen molar-refractivity contribution in [1.82, 2.24) is 9.62 Å². The number of likely N-dealkylation sites (tertiary alicyclic amines) is 1. The van der Waals surface area contributed by atoms with Gasteiger partial charge in [-0.15, -0.1) is 0 Å². The summed E-state index contributed by atoms with van der Waals surface area (Å²) in [6.45, 7) is 3.71. The summed E-state index contributed by atoms with van der Waals surface area (Å²) in [5.74, 6) is -1.41. The highest BCUT2D eigenvalue weighted by Gasteiger charge is 2.26. The van der Waals surface area contributed by atoms with Gasteiger partial charge in [-0.3, -0.25) is 4.79 Å². The van der Waals surface area contributed by atoms with E-state index in [4.69, 9.17) is 5.11 Å². The molecular weight excluding hydrogens is 284 g/mol. The minimum atomic E-state index is -3.24.